The second-order valence-electron chi connectivity index (χ2n) is 8.88. The van der Waals surface area contributed by atoms with Gasteiger partial charge in [0.15, 0.2) is 0 Å². The summed E-state index contributed by atoms with van der Waals surface area (Å²) in [5, 5.41) is 28.1. The molecule has 0 radical (unpaired) electrons. The van der Waals surface area contributed by atoms with E-state index in [2.05, 4.69) is 20.4 Å². The Morgan fingerprint density at radius 1 is 0.814 bits per heavy atom. The largest absolute Gasteiger partial charge is 0.397 e. The molecule has 218 valence electrons. The van der Waals surface area contributed by atoms with Gasteiger partial charge in [-0.1, -0.05) is 36.4 Å². The number of nitrogens with zero attached hydrogens (tertiary/aromatic N) is 6. The number of nitro groups is 1. The van der Waals surface area contributed by atoms with Gasteiger partial charge in [0.05, 0.1) is 22.0 Å². The molecule has 0 bridgehead atoms. The highest BCUT2D eigenvalue weighted by molar-refractivity contribution is 7.86. The maximum Gasteiger partial charge on any atom is 0.295 e. The van der Waals surface area contributed by atoms with E-state index in [0.717, 1.165) is 30.4 Å². The quantitative estimate of drug-likeness (QED) is 0.0521. The van der Waals surface area contributed by atoms with Gasteiger partial charge in [0.25, 0.3) is 25.9 Å². The summed E-state index contributed by atoms with van der Waals surface area (Å²) in [6.07, 6.45) is 2.25. The maximum atomic E-state index is 12.2. The van der Waals surface area contributed by atoms with Gasteiger partial charge >= 0.3 is 0 Å². The highest BCUT2D eigenvalue weighted by Gasteiger charge is 2.20. The van der Waals surface area contributed by atoms with Crippen LogP contribution in [0.5, 0.6) is 0 Å². The Labute approximate surface area is 243 Å². The first-order valence-electron chi connectivity index (χ1n) is 12.0. The van der Waals surface area contributed by atoms with Crippen molar-refractivity contribution < 1.29 is 30.9 Å². The van der Waals surface area contributed by atoms with Crippen molar-refractivity contribution in [1.82, 2.24) is 15.0 Å². The first-order chi connectivity index (χ1) is 20.3. The van der Waals surface area contributed by atoms with Gasteiger partial charge in [-0.05, 0) is 53.6 Å². The summed E-state index contributed by atoms with van der Waals surface area (Å²) in [7, 11) is -9.71. The highest BCUT2D eigenvalue weighted by atomic mass is 32.2. The second-order valence-corrected chi connectivity index (χ2v) is 11.7. The third kappa shape index (κ3) is 6.28. The van der Waals surface area contributed by atoms with Gasteiger partial charge in [0.1, 0.15) is 26.5 Å². The molecule has 0 atom stereocenters. The average Bonchev–Trinajstić information content (AvgIpc) is 3.40. The number of para-hydroxylation sites is 1. The molecule has 1 heterocycles. The summed E-state index contributed by atoms with van der Waals surface area (Å²) in [4.78, 5) is 10.2. The van der Waals surface area contributed by atoms with Crippen molar-refractivity contribution >= 4 is 66.2 Å². The summed E-state index contributed by atoms with van der Waals surface area (Å²) in [5.74, 6) is 0. The molecule has 15 nitrogen and oxygen atoms in total. The number of rotatable bonds is 8. The van der Waals surface area contributed by atoms with Crippen molar-refractivity contribution in [2.75, 3.05) is 5.73 Å². The van der Waals surface area contributed by atoms with Crippen molar-refractivity contribution in [3.05, 3.63) is 100 Å². The molecule has 0 saturated heterocycles. The Kier molecular flexibility index (Phi) is 7.55. The summed E-state index contributed by atoms with van der Waals surface area (Å²) in [6, 6.07) is 18.7. The predicted molar refractivity (Wildman–Crippen MR) is 156 cm³/mol. The molecule has 1 aromatic heterocycles. The number of fused-ring (bicyclic) bond motifs is 1. The fourth-order valence-corrected chi connectivity index (χ4v) is 5.40. The fraction of sp³-hybridized carbons (Fsp3) is 0. The normalized spacial score (nSPS) is 12.4. The minimum Gasteiger partial charge on any atom is -0.397 e. The summed E-state index contributed by atoms with van der Waals surface area (Å²) >= 11 is 0. The lowest BCUT2D eigenvalue weighted by molar-refractivity contribution is -0.385. The number of nitro benzene ring substituents is 1. The monoisotopic (exact) mass is 621 g/mol. The molecule has 0 saturated carbocycles. The lowest BCUT2D eigenvalue weighted by Gasteiger charge is -2.06. The molecule has 17 heteroatoms. The van der Waals surface area contributed by atoms with E-state index in [4.69, 9.17) is 5.73 Å². The van der Waals surface area contributed by atoms with Gasteiger partial charge in [-0.3, -0.25) is 19.2 Å². The Morgan fingerprint density at radius 2 is 1.44 bits per heavy atom. The molecule has 0 spiro atoms. The standard InChI is InChI=1S/C26H19N7O8S2/c27-21-12-13-22-26(31-32(30-22)19-4-2-1-3-5-19)25(21)29-28-18-10-8-16(23(14-18)42(36,37)38)6-7-17-9-11-20(33(34)35)15-24(17)43(39,40)41/h1-15H,27H2,(H,36,37,38)(H,39,40,41)/b7-6+,29-28?. The number of non-ortho nitro benzene ring substituents is 1. The van der Waals surface area contributed by atoms with Gasteiger partial charge in [-0.25, -0.2) is 0 Å². The lowest BCUT2D eigenvalue weighted by atomic mass is 10.1. The van der Waals surface area contributed by atoms with Crippen LogP contribution in [0.25, 0.3) is 28.9 Å². The molecule has 0 unspecified atom stereocenters. The molecule has 0 fully saturated rings. The minimum atomic E-state index is -4.88. The van der Waals surface area contributed by atoms with E-state index in [0.29, 0.717) is 22.8 Å². The van der Waals surface area contributed by atoms with Crippen molar-refractivity contribution in [3.8, 4) is 5.69 Å². The number of nitrogens with two attached hydrogens (primary N) is 1. The molecule has 4 aromatic carbocycles. The van der Waals surface area contributed by atoms with Gasteiger partial charge in [-0.2, -0.15) is 26.7 Å². The number of hydrogen-bond acceptors (Lipinski definition) is 11. The first-order valence-corrected chi connectivity index (χ1v) is 14.9. The van der Waals surface area contributed by atoms with E-state index >= 15 is 0 Å². The molecule has 0 aliphatic heterocycles. The van der Waals surface area contributed by atoms with Crippen molar-refractivity contribution in [1.29, 1.82) is 0 Å². The topological polar surface area (TPSA) is 233 Å². The van der Waals surface area contributed by atoms with E-state index < -0.39 is 40.6 Å². The van der Waals surface area contributed by atoms with Crippen LogP contribution in [0.2, 0.25) is 0 Å². The Balaban J connectivity index is 1.52. The highest BCUT2D eigenvalue weighted by Crippen LogP contribution is 2.33. The van der Waals surface area contributed by atoms with E-state index in [9.17, 15) is 36.1 Å². The van der Waals surface area contributed by atoms with E-state index in [1.54, 1.807) is 24.3 Å². The van der Waals surface area contributed by atoms with Gasteiger partial charge in [0.2, 0.25) is 0 Å². The van der Waals surface area contributed by atoms with Crippen LogP contribution in [-0.2, 0) is 20.2 Å². The van der Waals surface area contributed by atoms with Gasteiger partial charge in [0, 0.05) is 12.1 Å². The number of aromatic nitrogens is 3. The molecular weight excluding hydrogens is 602 g/mol. The van der Waals surface area contributed by atoms with Crippen LogP contribution >= 0.6 is 0 Å². The van der Waals surface area contributed by atoms with Crippen molar-refractivity contribution in [3.63, 3.8) is 0 Å². The predicted octanol–water partition coefficient (Wildman–Crippen LogP) is 4.99. The van der Waals surface area contributed by atoms with E-state index in [1.807, 2.05) is 18.2 Å². The number of hydrogen-bond donors (Lipinski definition) is 3. The first kappa shape index (κ1) is 29.1. The van der Waals surface area contributed by atoms with Crippen molar-refractivity contribution in [2.45, 2.75) is 9.79 Å². The smallest absolute Gasteiger partial charge is 0.295 e. The van der Waals surface area contributed by atoms with E-state index in [1.165, 1.54) is 16.9 Å². The summed E-state index contributed by atoms with van der Waals surface area (Å²) < 4.78 is 67.4. The summed E-state index contributed by atoms with van der Waals surface area (Å²) in [6.45, 7) is 0. The number of nitrogen functional groups attached to an aromatic ring is 1. The molecule has 43 heavy (non-hydrogen) atoms. The number of azo groups is 1. The minimum absolute atomic E-state index is 0.00518. The molecule has 4 N–H and O–H groups in total. The molecule has 0 aliphatic carbocycles. The van der Waals surface area contributed by atoms with Crippen LogP contribution in [0.3, 0.4) is 0 Å². The molecule has 5 rings (SSSR count). The molecular formula is C26H19N7O8S2. The van der Waals surface area contributed by atoms with Crippen LogP contribution in [0, 0.1) is 10.1 Å². The van der Waals surface area contributed by atoms with E-state index in [-0.39, 0.29) is 28.2 Å². The van der Waals surface area contributed by atoms with Crippen LogP contribution in [0.4, 0.5) is 22.7 Å². The van der Waals surface area contributed by atoms with Crippen molar-refractivity contribution in [2.24, 2.45) is 10.2 Å². The fourth-order valence-electron chi connectivity index (χ4n) is 4.00. The van der Waals surface area contributed by atoms with Gasteiger partial charge in [-0.15, -0.1) is 15.3 Å². The third-order valence-corrected chi connectivity index (χ3v) is 7.83. The Bertz CT molecular complexity index is 2180. The number of benzene rings is 4. The van der Waals surface area contributed by atoms with Crippen LogP contribution in [-0.4, -0.2) is 45.9 Å². The van der Waals surface area contributed by atoms with Gasteiger partial charge < -0.3 is 5.73 Å². The third-order valence-electron chi connectivity index (χ3n) is 6.01. The molecule has 5 aromatic rings. The summed E-state index contributed by atoms with van der Waals surface area (Å²) in [5.41, 5.74) is 7.17. The maximum absolute atomic E-state index is 12.2. The van der Waals surface area contributed by atoms with Crippen LogP contribution in [0.15, 0.2) is 98.9 Å². The lowest BCUT2D eigenvalue weighted by Crippen LogP contribution is -2.02. The number of anilines is 1. The van der Waals surface area contributed by atoms with Crippen LogP contribution < -0.4 is 5.73 Å². The molecule has 0 aliphatic rings. The zero-order valence-corrected chi connectivity index (χ0v) is 23.2. The SMILES string of the molecule is Nc1ccc2nn(-c3ccccc3)nc2c1N=Nc1ccc(/C=C/c2ccc([N+](=O)[O-])cc2S(=O)(=O)O)c(S(=O)(=O)O)c1. The Hall–Kier alpha value is -5.36. The second kappa shape index (κ2) is 11.1. The Morgan fingerprint density at radius 3 is 2.07 bits per heavy atom. The average molecular weight is 622 g/mol. The zero-order chi connectivity index (χ0) is 30.9. The molecule has 0 amide bonds. The zero-order valence-electron chi connectivity index (χ0n) is 21.6. The van der Waals surface area contributed by atoms with Crippen LogP contribution in [0.1, 0.15) is 11.1 Å².